The van der Waals surface area contributed by atoms with Crippen LogP contribution in [0.25, 0.3) is 0 Å². The van der Waals surface area contributed by atoms with Crippen LogP contribution in [-0.4, -0.2) is 24.9 Å². The Labute approximate surface area is 78.5 Å². The van der Waals surface area contributed by atoms with Crippen LogP contribution in [0.3, 0.4) is 0 Å². The summed E-state index contributed by atoms with van der Waals surface area (Å²) in [5, 5.41) is 3.31. The molecule has 0 aliphatic heterocycles. The van der Waals surface area contributed by atoms with Crippen molar-refractivity contribution in [1.82, 2.24) is 5.32 Å². The van der Waals surface area contributed by atoms with Crippen LogP contribution in [0.15, 0.2) is 0 Å². The lowest BCUT2D eigenvalue weighted by Gasteiger charge is -2.22. The van der Waals surface area contributed by atoms with Gasteiger partial charge in [-0.1, -0.05) is 19.3 Å². The van der Waals surface area contributed by atoms with Crippen molar-refractivity contribution in [3.63, 3.8) is 0 Å². The molecule has 0 amide bonds. The van der Waals surface area contributed by atoms with Gasteiger partial charge in [0.05, 0.1) is 0 Å². The van der Waals surface area contributed by atoms with Crippen LogP contribution in [0.5, 0.6) is 0 Å². The van der Waals surface area contributed by atoms with Crippen molar-refractivity contribution in [2.24, 2.45) is 0 Å². The maximum absolute atomic E-state index is 3.31. The summed E-state index contributed by atoms with van der Waals surface area (Å²) in [6.07, 6.45) is 8.88. The van der Waals surface area contributed by atoms with Gasteiger partial charge in [-0.25, -0.2) is 0 Å². The van der Waals surface area contributed by atoms with Crippen molar-refractivity contribution in [2.75, 3.05) is 13.2 Å². The first-order chi connectivity index (χ1) is 5.83. The standard InChI is InChI=1S/C10H22NP/c1-9(11-2)8-12-10-6-4-3-5-7-10/h9-12H,3-8H2,1-2H3. The minimum absolute atomic E-state index is 0.727. The van der Waals surface area contributed by atoms with Gasteiger partial charge in [0.1, 0.15) is 0 Å². The fraction of sp³-hybridized carbons (Fsp3) is 1.00. The van der Waals surface area contributed by atoms with Crippen molar-refractivity contribution in [1.29, 1.82) is 0 Å². The maximum atomic E-state index is 3.31. The lowest BCUT2D eigenvalue weighted by Crippen LogP contribution is -2.24. The van der Waals surface area contributed by atoms with E-state index in [9.17, 15) is 0 Å². The van der Waals surface area contributed by atoms with Crippen molar-refractivity contribution in [2.45, 2.75) is 50.7 Å². The quantitative estimate of drug-likeness (QED) is 0.667. The molecule has 1 aliphatic rings. The summed E-state index contributed by atoms with van der Waals surface area (Å²) in [4.78, 5) is 0. The van der Waals surface area contributed by atoms with E-state index in [0.29, 0.717) is 0 Å². The topological polar surface area (TPSA) is 12.0 Å². The molecule has 2 atom stereocenters. The smallest absolute Gasteiger partial charge is 0.00727 e. The monoisotopic (exact) mass is 187 g/mol. The zero-order chi connectivity index (χ0) is 8.81. The summed E-state index contributed by atoms with van der Waals surface area (Å²) < 4.78 is 0. The fourth-order valence-corrected chi connectivity index (χ4v) is 3.46. The molecule has 12 heavy (non-hydrogen) atoms. The van der Waals surface area contributed by atoms with Crippen LogP contribution in [0.4, 0.5) is 0 Å². The third-order valence-electron chi connectivity index (χ3n) is 2.81. The molecule has 0 bridgehead atoms. The number of hydrogen-bond donors (Lipinski definition) is 1. The third kappa shape index (κ3) is 3.87. The summed E-state index contributed by atoms with van der Waals surface area (Å²) in [6.45, 7) is 2.29. The highest BCUT2D eigenvalue weighted by Crippen LogP contribution is 2.32. The van der Waals surface area contributed by atoms with Crippen LogP contribution in [0.1, 0.15) is 39.0 Å². The second-order valence-electron chi connectivity index (χ2n) is 3.93. The first kappa shape index (κ1) is 10.5. The Bertz CT molecular complexity index is 110. The predicted octanol–water partition coefficient (Wildman–Crippen LogP) is 2.61. The van der Waals surface area contributed by atoms with Crippen LogP contribution >= 0.6 is 8.58 Å². The van der Waals surface area contributed by atoms with E-state index < -0.39 is 0 Å². The molecular formula is C10H22NP. The van der Waals surface area contributed by atoms with Crippen molar-refractivity contribution in [3.05, 3.63) is 0 Å². The molecule has 2 unspecified atom stereocenters. The lowest BCUT2D eigenvalue weighted by atomic mass is 10.0. The molecule has 1 saturated carbocycles. The van der Waals surface area contributed by atoms with Crippen LogP contribution in [0, 0.1) is 0 Å². The average Bonchev–Trinajstić information content (AvgIpc) is 2.16. The minimum Gasteiger partial charge on any atom is -0.317 e. The predicted molar refractivity (Wildman–Crippen MR) is 58.6 cm³/mol. The first-order valence-electron chi connectivity index (χ1n) is 5.23. The van der Waals surface area contributed by atoms with E-state index in [1.165, 1.54) is 46.8 Å². The molecule has 0 aromatic rings. The highest BCUT2D eigenvalue weighted by molar-refractivity contribution is 7.38. The van der Waals surface area contributed by atoms with E-state index in [4.69, 9.17) is 0 Å². The van der Waals surface area contributed by atoms with Gasteiger partial charge in [-0.2, -0.15) is 0 Å². The zero-order valence-corrected chi connectivity index (χ0v) is 9.40. The molecule has 0 aromatic heterocycles. The minimum atomic E-state index is 0.727. The third-order valence-corrected chi connectivity index (χ3v) is 4.81. The molecule has 1 rings (SSSR count). The van der Waals surface area contributed by atoms with Crippen LogP contribution in [-0.2, 0) is 0 Å². The molecule has 0 saturated heterocycles. The Morgan fingerprint density at radius 3 is 2.58 bits per heavy atom. The van der Waals surface area contributed by atoms with E-state index in [1.807, 2.05) is 0 Å². The molecule has 72 valence electrons. The molecule has 0 spiro atoms. The molecule has 1 nitrogen and oxygen atoms in total. The molecule has 2 heteroatoms. The summed E-state index contributed by atoms with van der Waals surface area (Å²) in [6, 6.07) is 0.727. The molecule has 1 fully saturated rings. The van der Waals surface area contributed by atoms with Gasteiger partial charge in [-0.05, 0) is 38.6 Å². The van der Waals surface area contributed by atoms with Crippen LogP contribution < -0.4 is 5.32 Å². The Morgan fingerprint density at radius 1 is 1.33 bits per heavy atom. The highest BCUT2D eigenvalue weighted by atomic mass is 31.1. The Kier molecular flexibility index (Phi) is 5.18. The van der Waals surface area contributed by atoms with E-state index in [0.717, 1.165) is 11.7 Å². The molecule has 0 aromatic carbocycles. The second kappa shape index (κ2) is 5.94. The number of nitrogens with one attached hydrogen (secondary N) is 1. The van der Waals surface area contributed by atoms with Gasteiger partial charge >= 0.3 is 0 Å². The number of rotatable bonds is 4. The van der Waals surface area contributed by atoms with Gasteiger partial charge in [0.15, 0.2) is 0 Å². The molecule has 1 aliphatic carbocycles. The number of hydrogen-bond acceptors (Lipinski definition) is 1. The van der Waals surface area contributed by atoms with Gasteiger partial charge in [-0.3, -0.25) is 0 Å². The van der Waals surface area contributed by atoms with E-state index in [-0.39, 0.29) is 0 Å². The Balaban J connectivity index is 2.05. The van der Waals surface area contributed by atoms with Crippen LogP contribution in [0.2, 0.25) is 0 Å². The highest BCUT2D eigenvalue weighted by Gasteiger charge is 2.13. The van der Waals surface area contributed by atoms with Gasteiger partial charge < -0.3 is 5.32 Å². The largest absolute Gasteiger partial charge is 0.317 e. The lowest BCUT2D eigenvalue weighted by molar-refractivity contribution is 0.512. The van der Waals surface area contributed by atoms with Crippen molar-refractivity contribution >= 4 is 8.58 Å². The van der Waals surface area contributed by atoms with E-state index >= 15 is 0 Å². The summed E-state index contributed by atoms with van der Waals surface area (Å²) in [7, 11) is 3.27. The van der Waals surface area contributed by atoms with Crippen molar-refractivity contribution < 1.29 is 0 Å². The molecule has 0 heterocycles. The molecule has 1 N–H and O–H groups in total. The maximum Gasteiger partial charge on any atom is 0.00727 e. The van der Waals surface area contributed by atoms with Gasteiger partial charge in [0.2, 0.25) is 0 Å². The summed E-state index contributed by atoms with van der Waals surface area (Å²) >= 11 is 0. The molecule has 0 radical (unpaired) electrons. The first-order valence-corrected chi connectivity index (χ1v) is 6.52. The van der Waals surface area contributed by atoms with Gasteiger partial charge in [0.25, 0.3) is 0 Å². The normalized spacial score (nSPS) is 23.5. The zero-order valence-electron chi connectivity index (χ0n) is 8.40. The van der Waals surface area contributed by atoms with Crippen molar-refractivity contribution in [3.8, 4) is 0 Å². The van der Waals surface area contributed by atoms with E-state index in [1.54, 1.807) is 0 Å². The average molecular weight is 187 g/mol. The van der Waals surface area contributed by atoms with Gasteiger partial charge in [-0.15, -0.1) is 8.58 Å². The summed E-state index contributed by atoms with van der Waals surface area (Å²) in [5.41, 5.74) is 1.08. The van der Waals surface area contributed by atoms with E-state index in [2.05, 4.69) is 19.3 Å². The Hall–Kier alpha value is 0.390. The fourth-order valence-electron chi connectivity index (χ4n) is 1.75. The SMILES string of the molecule is CNC(C)CPC1CCCCC1. The van der Waals surface area contributed by atoms with Gasteiger partial charge in [0, 0.05) is 6.04 Å². The molecular weight excluding hydrogens is 165 g/mol. The Morgan fingerprint density at radius 2 is 2.00 bits per heavy atom. The summed E-state index contributed by atoms with van der Waals surface area (Å²) in [5.74, 6) is 0. The second-order valence-corrected chi connectivity index (χ2v) is 5.57.